The Morgan fingerprint density at radius 3 is 2.47 bits per heavy atom. The zero-order valence-corrected chi connectivity index (χ0v) is 9.50. The summed E-state index contributed by atoms with van der Waals surface area (Å²) in [5, 5.41) is 12.3. The van der Waals surface area contributed by atoms with E-state index in [1.165, 1.54) is 6.92 Å². The normalized spacial score (nSPS) is 12.5. The molecule has 82 valence electrons. The summed E-state index contributed by atoms with van der Waals surface area (Å²) in [6.07, 6.45) is 0. The molecule has 0 aromatic carbocycles. The molecule has 1 rings (SSSR count). The van der Waals surface area contributed by atoms with Crippen molar-refractivity contribution in [2.75, 3.05) is 0 Å². The van der Waals surface area contributed by atoms with Crippen LogP contribution in [-0.2, 0) is 4.79 Å². The molecule has 0 fully saturated rings. The van der Waals surface area contributed by atoms with Crippen molar-refractivity contribution in [3.8, 4) is 0 Å². The van der Waals surface area contributed by atoms with Crippen molar-refractivity contribution < 1.29 is 9.90 Å². The molecule has 0 aliphatic rings. The molecule has 0 amide bonds. The van der Waals surface area contributed by atoms with Crippen molar-refractivity contribution >= 4 is 29.2 Å². The molecule has 5 nitrogen and oxygen atoms in total. The lowest BCUT2D eigenvalue weighted by atomic mass is 10.3. The minimum Gasteiger partial charge on any atom is -0.480 e. The van der Waals surface area contributed by atoms with Gasteiger partial charge in [0.2, 0.25) is 0 Å². The summed E-state index contributed by atoms with van der Waals surface area (Å²) in [6.45, 7) is 2.87. The third-order valence-corrected chi connectivity index (χ3v) is 2.80. The topological polar surface area (TPSA) is 72.2 Å². The van der Waals surface area contributed by atoms with Crippen LogP contribution in [0.15, 0.2) is 4.79 Å². The van der Waals surface area contributed by atoms with Crippen molar-refractivity contribution in [3.05, 3.63) is 26.1 Å². The summed E-state index contributed by atoms with van der Waals surface area (Å²) in [5.41, 5.74) is -0.392. The van der Waals surface area contributed by atoms with Crippen LogP contribution in [0.5, 0.6) is 0 Å². The van der Waals surface area contributed by atoms with Crippen molar-refractivity contribution in [1.82, 2.24) is 9.78 Å². The summed E-state index contributed by atoms with van der Waals surface area (Å²) in [7, 11) is 0. The summed E-state index contributed by atoms with van der Waals surface area (Å²) >= 11 is 11.3. The van der Waals surface area contributed by atoms with Crippen molar-refractivity contribution in [3.63, 3.8) is 0 Å². The smallest absolute Gasteiger partial charge is 0.328 e. The van der Waals surface area contributed by atoms with Crippen LogP contribution in [0.25, 0.3) is 0 Å². The average Bonchev–Trinajstić information content (AvgIpc) is 2.19. The highest BCUT2D eigenvalue weighted by Crippen LogP contribution is 2.20. The molecular formula is C8H8Cl2N2O3. The molecule has 0 bridgehead atoms. The highest BCUT2D eigenvalue weighted by molar-refractivity contribution is 6.42. The number of carboxylic acid groups (broad SMARTS) is 1. The van der Waals surface area contributed by atoms with E-state index in [-0.39, 0.29) is 10.0 Å². The van der Waals surface area contributed by atoms with Gasteiger partial charge in [-0.2, -0.15) is 5.10 Å². The fourth-order valence-electron chi connectivity index (χ4n) is 0.971. The lowest BCUT2D eigenvalue weighted by Gasteiger charge is -2.11. The van der Waals surface area contributed by atoms with Gasteiger partial charge < -0.3 is 5.11 Å². The Balaban J connectivity index is 3.46. The summed E-state index contributed by atoms with van der Waals surface area (Å²) in [5.74, 6) is -1.16. The maximum atomic E-state index is 11.5. The molecule has 1 N–H and O–H groups in total. The van der Waals surface area contributed by atoms with E-state index in [4.69, 9.17) is 28.3 Å². The van der Waals surface area contributed by atoms with Gasteiger partial charge in [0.15, 0.2) is 6.04 Å². The van der Waals surface area contributed by atoms with Gasteiger partial charge >= 0.3 is 5.97 Å². The molecule has 0 radical (unpaired) electrons. The molecule has 0 aliphatic carbocycles. The molecule has 1 heterocycles. The van der Waals surface area contributed by atoms with Gasteiger partial charge in [0.1, 0.15) is 5.02 Å². The minimum atomic E-state index is -1.16. The second-order valence-electron chi connectivity index (χ2n) is 2.98. The van der Waals surface area contributed by atoms with Gasteiger partial charge in [0.25, 0.3) is 5.56 Å². The molecule has 0 spiro atoms. The van der Waals surface area contributed by atoms with E-state index >= 15 is 0 Å². The van der Waals surface area contributed by atoms with Gasteiger partial charge in [-0.3, -0.25) is 4.79 Å². The maximum Gasteiger partial charge on any atom is 0.328 e. The van der Waals surface area contributed by atoms with E-state index in [9.17, 15) is 9.59 Å². The molecule has 0 saturated heterocycles. The zero-order chi connectivity index (χ0) is 11.7. The molecule has 1 aromatic heterocycles. The number of hydrogen-bond acceptors (Lipinski definition) is 3. The summed E-state index contributed by atoms with van der Waals surface area (Å²) in [6, 6.07) is -1.08. The monoisotopic (exact) mass is 250 g/mol. The Labute approximate surface area is 95.2 Å². The molecular weight excluding hydrogens is 243 g/mol. The van der Waals surface area contributed by atoms with Crippen LogP contribution < -0.4 is 5.56 Å². The Morgan fingerprint density at radius 2 is 2.00 bits per heavy atom. The van der Waals surface area contributed by atoms with Crippen LogP contribution >= 0.6 is 23.2 Å². The van der Waals surface area contributed by atoms with Gasteiger partial charge in [-0.05, 0) is 13.8 Å². The predicted molar refractivity (Wildman–Crippen MR) is 55.6 cm³/mol. The van der Waals surface area contributed by atoms with Crippen LogP contribution in [-0.4, -0.2) is 20.9 Å². The first-order valence-electron chi connectivity index (χ1n) is 4.03. The van der Waals surface area contributed by atoms with Gasteiger partial charge in [-0.1, -0.05) is 23.2 Å². The number of aryl methyl sites for hydroxylation is 1. The quantitative estimate of drug-likeness (QED) is 0.864. The summed E-state index contributed by atoms with van der Waals surface area (Å²) in [4.78, 5) is 22.2. The predicted octanol–water partition coefficient (Wildman–Crippen LogP) is 1.50. The fourth-order valence-corrected chi connectivity index (χ4v) is 1.31. The third-order valence-electron chi connectivity index (χ3n) is 1.89. The van der Waals surface area contributed by atoms with E-state index < -0.39 is 17.6 Å². The first kappa shape index (κ1) is 12.0. The first-order valence-corrected chi connectivity index (χ1v) is 4.79. The SMILES string of the molecule is Cc1nn(C(C)C(=O)O)c(=O)c(Cl)c1Cl. The number of nitrogens with zero attached hydrogens (tertiary/aromatic N) is 2. The van der Waals surface area contributed by atoms with Gasteiger partial charge in [-0.25, -0.2) is 9.48 Å². The standard InChI is InChI=1S/C8H8Cl2N2O3/c1-3-5(9)6(10)7(13)12(11-3)4(2)8(14)15/h4H,1-2H3,(H,14,15). The molecule has 15 heavy (non-hydrogen) atoms. The van der Waals surface area contributed by atoms with Gasteiger partial charge in [0, 0.05) is 0 Å². The van der Waals surface area contributed by atoms with Crippen molar-refractivity contribution in [2.24, 2.45) is 0 Å². The van der Waals surface area contributed by atoms with Crippen LogP contribution in [0, 0.1) is 6.92 Å². The highest BCUT2D eigenvalue weighted by Gasteiger charge is 2.20. The Bertz CT molecular complexity index is 470. The molecule has 1 unspecified atom stereocenters. The minimum absolute atomic E-state index is 0.0514. The molecule has 1 aromatic rings. The van der Waals surface area contributed by atoms with Gasteiger partial charge in [0.05, 0.1) is 10.7 Å². The van der Waals surface area contributed by atoms with Crippen molar-refractivity contribution in [2.45, 2.75) is 19.9 Å². The molecule has 7 heteroatoms. The molecule has 1 atom stereocenters. The van der Waals surface area contributed by atoms with Crippen molar-refractivity contribution in [1.29, 1.82) is 0 Å². The lowest BCUT2D eigenvalue weighted by molar-refractivity contribution is -0.140. The number of carboxylic acids is 1. The highest BCUT2D eigenvalue weighted by atomic mass is 35.5. The fraction of sp³-hybridized carbons (Fsp3) is 0.375. The first-order chi connectivity index (χ1) is 6.86. The second kappa shape index (κ2) is 4.20. The number of rotatable bonds is 2. The number of aromatic nitrogens is 2. The maximum absolute atomic E-state index is 11.5. The third kappa shape index (κ3) is 2.13. The van der Waals surface area contributed by atoms with E-state index in [1.54, 1.807) is 6.92 Å². The Morgan fingerprint density at radius 1 is 1.47 bits per heavy atom. The summed E-state index contributed by atoms with van der Waals surface area (Å²) < 4.78 is 0.797. The second-order valence-corrected chi connectivity index (χ2v) is 3.73. The van der Waals surface area contributed by atoms with Gasteiger partial charge in [-0.15, -0.1) is 0 Å². The zero-order valence-electron chi connectivity index (χ0n) is 7.99. The lowest BCUT2D eigenvalue weighted by Crippen LogP contribution is -2.31. The van der Waals surface area contributed by atoms with E-state index in [1.807, 2.05) is 0 Å². The van der Waals surface area contributed by atoms with Crippen LogP contribution in [0.1, 0.15) is 18.7 Å². The van der Waals surface area contributed by atoms with E-state index in [2.05, 4.69) is 5.10 Å². The molecule has 0 aliphatic heterocycles. The number of carbonyl (C=O) groups is 1. The van der Waals surface area contributed by atoms with Crippen LogP contribution in [0.4, 0.5) is 0 Å². The number of hydrogen-bond donors (Lipinski definition) is 1. The Hall–Kier alpha value is -1.07. The largest absolute Gasteiger partial charge is 0.480 e. The van der Waals surface area contributed by atoms with Crippen LogP contribution in [0.2, 0.25) is 10.0 Å². The van der Waals surface area contributed by atoms with E-state index in [0.717, 1.165) is 4.68 Å². The Kier molecular flexibility index (Phi) is 3.36. The molecule has 0 saturated carbocycles. The average molecular weight is 251 g/mol. The van der Waals surface area contributed by atoms with E-state index in [0.29, 0.717) is 5.69 Å². The number of aliphatic carboxylic acids is 1. The van der Waals surface area contributed by atoms with Crippen LogP contribution in [0.3, 0.4) is 0 Å². The number of halogens is 2.